The summed E-state index contributed by atoms with van der Waals surface area (Å²) in [5, 5.41) is 1.07. The van der Waals surface area contributed by atoms with Crippen molar-refractivity contribution >= 4 is 28.4 Å². The summed E-state index contributed by atoms with van der Waals surface area (Å²) in [6.07, 6.45) is 1.89. The summed E-state index contributed by atoms with van der Waals surface area (Å²) in [6, 6.07) is 14.2. The Kier molecular flexibility index (Phi) is 6.70. The van der Waals surface area contributed by atoms with Crippen LogP contribution in [-0.4, -0.2) is 26.9 Å². The highest BCUT2D eigenvalue weighted by Gasteiger charge is 2.27. The summed E-state index contributed by atoms with van der Waals surface area (Å²) in [7, 11) is 0. The molecule has 0 saturated carbocycles. The molecule has 0 fully saturated rings. The van der Waals surface area contributed by atoms with Crippen LogP contribution in [0.1, 0.15) is 51.9 Å². The molecule has 3 rings (SSSR count). The zero-order valence-corrected chi connectivity index (χ0v) is 17.8. The number of carbonyl (C=O) groups is 1. The van der Waals surface area contributed by atoms with Gasteiger partial charge in [0.1, 0.15) is 5.82 Å². The minimum atomic E-state index is -0.310. The molecule has 0 saturated heterocycles. The van der Waals surface area contributed by atoms with E-state index in [0.29, 0.717) is 46.8 Å². The molecule has 1 heterocycles. The van der Waals surface area contributed by atoms with Crippen LogP contribution in [-0.2, 0) is 4.79 Å². The smallest absolute Gasteiger partial charge is 0.266 e. The number of benzene rings is 2. The molecule has 0 aliphatic heterocycles. The molecule has 3 aromatic rings. The number of hydrogen-bond donors (Lipinski definition) is 0. The summed E-state index contributed by atoms with van der Waals surface area (Å²) in [6.45, 7) is 6.51. The Balaban J connectivity index is 2.31. The fourth-order valence-electron chi connectivity index (χ4n) is 3.71. The topological polar surface area (TPSA) is 55.2 Å². The molecule has 0 spiro atoms. The van der Waals surface area contributed by atoms with E-state index in [1.54, 1.807) is 22.8 Å². The van der Waals surface area contributed by atoms with Gasteiger partial charge in [0.25, 0.3) is 5.56 Å². The maximum Gasteiger partial charge on any atom is 0.266 e. The van der Waals surface area contributed by atoms with Crippen molar-refractivity contribution in [2.24, 2.45) is 0 Å². The predicted octanol–water partition coefficient (Wildman–Crippen LogP) is 5.14. The molecule has 0 aliphatic carbocycles. The Morgan fingerprint density at radius 1 is 1.14 bits per heavy atom. The molecule has 0 radical (unpaired) electrons. The fraction of sp³-hybridized carbons (Fsp3) is 0.348. The lowest BCUT2D eigenvalue weighted by molar-refractivity contribution is -0.133. The third-order valence-corrected chi connectivity index (χ3v) is 5.29. The molecule has 29 heavy (non-hydrogen) atoms. The first-order valence-corrected chi connectivity index (χ1v) is 10.5. The number of carbonyl (C=O) groups excluding carboxylic acids is 1. The predicted molar refractivity (Wildman–Crippen MR) is 118 cm³/mol. The van der Waals surface area contributed by atoms with Crippen molar-refractivity contribution in [2.75, 3.05) is 6.54 Å². The second kappa shape index (κ2) is 9.23. The molecule has 0 N–H and O–H groups in total. The summed E-state index contributed by atoms with van der Waals surface area (Å²) < 4.78 is 1.60. The molecule has 1 unspecified atom stereocenters. The summed E-state index contributed by atoms with van der Waals surface area (Å²) in [4.78, 5) is 32.9. The van der Waals surface area contributed by atoms with E-state index in [1.165, 1.54) is 0 Å². The summed E-state index contributed by atoms with van der Waals surface area (Å²) in [5.74, 6) is 0.631. The third kappa shape index (κ3) is 4.20. The van der Waals surface area contributed by atoms with Crippen LogP contribution in [0.25, 0.3) is 16.6 Å². The number of para-hydroxylation sites is 1. The Bertz CT molecular complexity index is 1080. The molecule has 6 heteroatoms. The normalized spacial score (nSPS) is 12.1. The van der Waals surface area contributed by atoms with E-state index >= 15 is 0 Å². The zero-order chi connectivity index (χ0) is 21.0. The number of aromatic nitrogens is 2. The van der Waals surface area contributed by atoms with E-state index in [1.807, 2.05) is 56.0 Å². The van der Waals surface area contributed by atoms with Gasteiger partial charge in [0.05, 0.1) is 22.6 Å². The molecule has 2 aromatic carbocycles. The lowest BCUT2D eigenvalue weighted by Crippen LogP contribution is -2.38. The molecule has 1 atom stereocenters. The van der Waals surface area contributed by atoms with E-state index in [2.05, 4.69) is 0 Å². The lowest BCUT2D eigenvalue weighted by atomic mass is 10.1. The van der Waals surface area contributed by atoms with Gasteiger partial charge in [-0.2, -0.15) is 0 Å². The average molecular weight is 412 g/mol. The molecule has 0 bridgehead atoms. The quantitative estimate of drug-likeness (QED) is 0.541. The van der Waals surface area contributed by atoms with Crippen molar-refractivity contribution in [2.45, 2.75) is 46.1 Å². The molecule has 152 valence electrons. The molecular weight excluding hydrogens is 386 g/mol. The van der Waals surface area contributed by atoms with Crippen LogP contribution >= 0.6 is 11.6 Å². The highest BCUT2D eigenvalue weighted by molar-refractivity contribution is 6.30. The molecule has 1 amide bonds. The number of hydrogen-bond acceptors (Lipinski definition) is 3. The first-order chi connectivity index (χ1) is 14.0. The van der Waals surface area contributed by atoms with Crippen molar-refractivity contribution < 1.29 is 4.79 Å². The summed E-state index contributed by atoms with van der Waals surface area (Å²) in [5.41, 5.74) is 1.11. The van der Waals surface area contributed by atoms with Crippen molar-refractivity contribution in [1.82, 2.24) is 14.5 Å². The maximum absolute atomic E-state index is 13.5. The monoisotopic (exact) mass is 411 g/mol. The van der Waals surface area contributed by atoms with E-state index in [-0.39, 0.29) is 17.5 Å². The van der Waals surface area contributed by atoms with Crippen molar-refractivity contribution in [3.63, 3.8) is 0 Å². The van der Waals surface area contributed by atoms with Crippen LogP contribution < -0.4 is 5.56 Å². The Morgan fingerprint density at radius 3 is 2.55 bits per heavy atom. The lowest BCUT2D eigenvalue weighted by Gasteiger charge is -2.31. The van der Waals surface area contributed by atoms with Crippen molar-refractivity contribution in [1.29, 1.82) is 0 Å². The first-order valence-electron chi connectivity index (χ1n) is 10.1. The van der Waals surface area contributed by atoms with E-state index in [0.717, 1.165) is 6.42 Å². The van der Waals surface area contributed by atoms with Gasteiger partial charge in [-0.05, 0) is 50.1 Å². The van der Waals surface area contributed by atoms with Gasteiger partial charge in [-0.25, -0.2) is 4.98 Å². The second-order valence-electron chi connectivity index (χ2n) is 6.96. The number of nitrogens with zero attached hydrogens (tertiary/aromatic N) is 3. The minimum Gasteiger partial charge on any atom is -0.333 e. The molecular formula is C23H26ClN3O2. The van der Waals surface area contributed by atoms with Gasteiger partial charge in [0, 0.05) is 18.0 Å². The maximum atomic E-state index is 13.5. The van der Waals surface area contributed by atoms with Gasteiger partial charge in [-0.15, -0.1) is 0 Å². The van der Waals surface area contributed by atoms with Gasteiger partial charge >= 0.3 is 0 Å². The Labute approximate surface area is 175 Å². The summed E-state index contributed by atoms with van der Waals surface area (Å²) >= 11 is 6.21. The number of halogens is 1. The molecule has 5 nitrogen and oxygen atoms in total. The SMILES string of the molecule is CCCC(=O)N(CC)C(CC)c1nc2ccccc2c(=O)n1-c1cccc(Cl)c1. The van der Waals surface area contributed by atoms with E-state index < -0.39 is 0 Å². The van der Waals surface area contributed by atoms with Gasteiger partial charge in [0.2, 0.25) is 5.91 Å². The van der Waals surface area contributed by atoms with Gasteiger partial charge < -0.3 is 4.90 Å². The largest absolute Gasteiger partial charge is 0.333 e. The highest BCUT2D eigenvalue weighted by atomic mass is 35.5. The Hall–Kier alpha value is -2.66. The zero-order valence-electron chi connectivity index (χ0n) is 17.1. The van der Waals surface area contributed by atoms with Crippen LogP contribution in [0.15, 0.2) is 53.3 Å². The standard InChI is InChI=1S/C23H26ClN3O2/c1-4-10-21(28)26(6-3)20(5-2)22-25-19-14-8-7-13-18(19)23(29)27(22)17-12-9-11-16(24)15-17/h7-9,11-15,20H,4-6,10H2,1-3H3. The van der Waals surface area contributed by atoms with E-state index in [9.17, 15) is 9.59 Å². The van der Waals surface area contributed by atoms with Crippen molar-refractivity contribution in [3.05, 3.63) is 69.7 Å². The van der Waals surface area contributed by atoms with E-state index in [4.69, 9.17) is 16.6 Å². The fourth-order valence-corrected chi connectivity index (χ4v) is 3.89. The van der Waals surface area contributed by atoms with Crippen LogP contribution in [0.2, 0.25) is 5.02 Å². The van der Waals surface area contributed by atoms with Crippen LogP contribution in [0.5, 0.6) is 0 Å². The second-order valence-corrected chi connectivity index (χ2v) is 7.40. The third-order valence-electron chi connectivity index (χ3n) is 5.05. The number of rotatable bonds is 7. The average Bonchev–Trinajstić information content (AvgIpc) is 2.72. The van der Waals surface area contributed by atoms with Gasteiger partial charge in [-0.1, -0.05) is 43.6 Å². The van der Waals surface area contributed by atoms with Gasteiger partial charge in [0.15, 0.2) is 0 Å². The highest BCUT2D eigenvalue weighted by Crippen LogP contribution is 2.27. The van der Waals surface area contributed by atoms with Crippen LogP contribution in [0.3, 0.4) is 0 Å². The van der Waals surface area contributed by atoms with Crippen LogP contribution in [0, 0.1) is 0 Å². The minimum absolute atomic E-state index is 0.0712. The number of amides is 1. The van der Waals surface area contributed by atoms with Crippen LogP contribution in [0.4, 0.5) is 0 Å². The molecule has 1 aromatic heterocycles. The number of fused-ring (bicyclic) bond motifs is 1. The first kappa shape index (κ1) is 21.1. The van der Waals surface area contributed by atoms with Crippen molar-refractivity contribution in [3.8, 4) is 5.69 Å². The Morgan fingerprint density at radius 2 is 1.90 bits per heavy atom. The molecule has 0 aliphatic rings. The van der Waals surface area contributed by atoms with Gasteiger partial charge in [-0.3, -0.25) is 14.2 Å².